The third-order valence-corrected chi connectivity index (χ3v) is 2.79. The summed E-state index contributed by atoms with van der Waals surface area (Å²) in [7, 11) is 0. The predicted octanol–water partition coefficient (Wildman–Crippen LogP) is 2.42. The second kappa shape index (κ2) is 6.79. The molecule has 0 aromatic heterocycles. The third kappa shape index (κ3) is 5.65. The van der Waals surface area contributed by atoms with Crippen LogP contribution >= 0.6 is 0 Å². The standard InChI is InChI=1S/C15H21F2NO2/c1-15(2,3)8-11(9-19)18-14(20)7-10-4-5-12(16)13(17)6-10/h4-6,11,19H,7-9H2,1-3H3,(H,18,20)/t11-/m1/s1. The van der Waals surface area contributed by atoms with Gasteiger partial charge in [-0.15, -0.1) is 0 Å². The van der Waals surface area contributed by atoms with Gasteiger partial charge >= 0.3 is 0 Å². The van der Waals surface area contributed by atoms with Crippen LogP contribution in [0.25, 0.3) is 0 Å². The normalized spacial score (nSPS) is 13.1. The Labute approximate surface area is 118 Å². The molecule has 0 aliphatic carbocycles. The van der Waals surface area contributed by atoms with Crippen LogP contribution in [0, 0.1) is 17.0 Å². The first-order valence-electron chi connectivity index (χ1n) is 6.55. The van der Waals surface area contributed by atoms with Crippen molar-refractivity contribution in [2.24, 2.45) is 5.41 Å². The largest absolute Gasteiger partial charge is 0.394 e. The molecule has 112 valence electrons. The molecule has 0 unspecified atom stereocenters. The Hall–Kier alpha value is -1.49. The van der Waals surface area contributed by atoms with Crippen molar-refractivity contribution in [1.82, 2.24) is 5.32 Å². The van der Waals surface area contributed by atoms with E-state index in [9.17, 15) is 18.7 Å². The van der Waals surface area contributed by atoms with Crippen LogP contribution in [0.1, 0.15) is 32.8 Å². The monoisotopic (exact) mass is 285 g/mol. The molecule has 1 atom stereocenters. The van der Waals surface area contributed by atoms with Crippen LogP contribution < -0.4 is 5.32 Å². The van der Waals surface area contributed by atoms with Gasteiger partial charge in [0.1, 0.15) is 0 Å². The summed E-state index contributed by atoms with van der Waals surface area (Å²) in [4.78, 5) is 11.8. The molecule has 0 heterocycles. The van der Waals surface area contributed by atoms with Gasteiger partial charge in [-0.05, 0) is 29.5 Å². The summed E-state index contributed by atoms with van der Waals surface area (Å²) in [5.41, 5.74) is 0.372. The fraction of sp³-hybridized carbons (Fsp3) is 0.533. The van der Waals surface area contributed by atoms with E-state index < -0.39 is 11.6 Å². The van der Waals surface area contributed by atoms with E-state index >= 15 is 0 Å². The average molecular weight is 285 g/mol. The summed E-state index contributed by atoms with van der Waals surface area (Å²) in [6.45, 7) is 5.88. The van der Waals surface area contributed by atoms with Crippen LogP contribution in [0.2, 0.25) is 0 Å². The molecule has 0 saturated heterocycles. The molecule has 20 heavy (non-hydrogen) atoms. The molecule has 0 bridgehead atoms. The predicted molar refractivity (Wildman–Crippen MR) is 73.2 cm³/mol. The van der Waals surface area contributed by atoms with Crippen molar-refractivity contribution in [1.29, 1.82) is 0 Å². The number of hydrogen-bond acceptors (Lipinski definition) is 2. The molecule has 1 rings (SSSR count). The second-order valence-corrected chi connectivity index (χ2v) is 6.14. The Balaban J connectivity index is 2.59. The zero-order valence-corrected chi connectivity index (χ0v) is 12.0. The van der Waals surface area contributed by atoms with E-state index in [1.54, 1.807) is 0 Å². The van der Waals surface area contributed by atoms with Gasteiger partial charge in [-0.3, -0.25) is 4.79 Å². The summed E-state index contributed by atoms with van der Waals surface area (Å²) in [6, 6.07) is 3.03. The Kier molecular flexibility index (Phi) is 5.62. The van der Waals surface area contributed by atoms with Gasteiger partial charge in [0.25, 0.3) is 0 Å². The highest BCUT2D eigenvalue weighted by molar-refractivity contribution is 5.78. The van der Waals surface area contributed by atoms with Crippen LogP contribution in [0.5, 0.6) is 0 Å². The smallest absolute Gasteiger partial charge is 0.224 e. The fourth-order valence-electron chi connectivity index (χ4n) is 2.01. The summed E-state index contributed by atoms with van der Waals surface area (Å²) < 4.78 is 25.8. The van der Waals surface area contributed by atoms with E-state index in [0.717, 1.165) is 12.1 Å². The van der Waals surface area contributed by atoms with Crippen LogP contribution in [0.15, 0.2) is 18.2 Å². The molecule has 1 amide bonds. The van der Waals surface area contributed by atoms with Crippen LogP contribution in [-0.4, -0.2) is 23.7 Å². The van der Waals surface area contributed by atoms with Gasteiger partial charge in [0.05, 0.1) is 19.1 Å². The number of halogens is 2. The number of aliphatic hydroxyl groups is 1. The summed E-state index contributed by atoms with van der Waals surface area (Å²) in [5.74, 6) is -2.22. The first-order chi connectivity index (χ1) is 9.21. The van der Waals surface area contributed by atoms with Crippen molar-refractivity contribution in [2.45, 2.75) is 39.7 Å². The maximum atomic E-state index is 13.0. The Morgan fingerprint density at radius 3 is 2.45 bits per heavy atom. The third-order valence-electron chi connectivity index (χ3n) is 2.79. The SMILES string of the molecule is CC(C)(C)C[C@H](CO)NC(=O)Cc1ccc(F)c(F)c1. The minimum absolute atomic E-state index is 0.0251. The first kappa shape index (κ1) is 16.6. The molecule has 0 radical (unpaired) electrons. The van der Waals surface area contributed by atoms with Crippen molar-refractivity contribution in [3.63, 3.8) is 0 Å². The molecule has 0 fully saturated rings. The van der Waals surface area contributed by atoms with E-state index in [1.165, 1.54) is 6.07 Å². The molecule has 0 saturated carbocycles. The summed E-state index contributed by atoms with van der Waals surface area (Å²) >= 11 is 0. The molecule has 1 aromatic carbocycles. The lowest BCUT2D eigenvalue weighted by molar-refractivity contribution is -0.121. The molecule has 0 aliphatic rings. The van der Waals surface area contributed by atoms with Gasteiger partial charge in [-0.2, -0.15) is 0 Å². The quantitative estimate of drug-likeness (QED) is 0.873. The Bertz CT molecular complexity index is 469. The molecule has 1 aromatic rings. The highest BCUT2D eigenvalue weighted by Crippen LogP contribution is 2.20. The molecule has 0 aliphatic heterocycles. The summed E-state index contributed by atoms with van der Waals surface area (Å²) in [6.07, 6.45) is 0.588. The molecule has 3 nitrogen and oxygen atoms in total. The maximum Gasteiger partial charge on any atom is 0.224 e. The van der Waals surface area contributed by atoms with Gasteiger partial charge in [0.15, 0.2) is 11.6 Å². The molecule has 5 heteroatoms. The number of aliphatic hydroxyl groups excluding tert-OH is 1. The van der Waals surface area contributed by atoms with E-state index in [-0.39, 0.29) is 30.4 Å². The van der Waals surface area contributed by atoms with Gasteiger partial charge in [0, 0.05) is 0 Å². The lowest BCUT2D eigenvalue weighted by atomic mass is 9.88. The number of nitrogens with one attached hydrogen (secondary N) is 1. The number of rotatable bonds is 5. The maximum absolute atomic E-state index is 13.0. The van der Waals surface area contributed by atoms with Gasteiger partial charge in [0.2, 0.25) is 5.91 Å². The van der Waals surface area contributed by atoms with Crippen molar-refractivity contribution in [2.75, 3.05) is 6.61 Å². The molecular weight excluding hydrogens is 264 g/mol. The van der Waals surface area contributed by atoms with Crippen LogP contribution in [0.3, 0.4) is 0 Å². The van der Waals surface area contributed by atoms with E-state index in [1.807, 2.05) is 20.8 Å². The number of hydrogen-bond donors (Lipinski definition) is 2. The number of amides is 1. The van der Waals surface area contributed by atoms with E-state index in [2.05, 4.69) is 5.32 Å². The fourth-order valence-corrected chi connectivity index (χ4v) is 2.01. The Morgan fingerprint density at radius 2 is 1.95 bits per heavy atom. The van der Waals surface area contributed by atoms with Crippen molar-refractivity contribution < 1.29 is 18.7 Å². The molecule has 0 spiro atoms. The highest BCUT2D eigenvalue weighted by Gasteiger charge is 2.20. The first-order valence-corrected chi connectivity index (χ1v) is 6.55. The number of carbonyl (C=O) groups excluding carboxylic acids is 1. The zero-order chi connectivity index (χ0) is 15.3. The van der Waals surface area contributed by atoms with Crippen molar-refractivity contribution in [3.05, 3.63) is 35.4 Å². The minimum Gasteiger partial charge on any atom is -0.394 e. The number of carbonyl (C=O) groups is 1. The molecule has 2 N–H and O–H groups in total. The molecular formula is C15H21F2NO2. The number of benzene rings is 1. The van der Waals surface area contributed by atoms with Crippen LogP contribution in [0.4, 0.5) is 8.78 Å². The van der Waals surface area contributed by atoms with Crippen LogP contribution in [-0.2, 0) is 11.2 Å². The minimum atomic E-state index is -0.969. The summed E-state index contributed by atoms with van der Waals surface area (Å²) in [5, 5.41) is 12.0. The van der Waals surface area contributed by atoms with Gasteiger partial charge in [-0.25, -0.2) is 8.78 Å². The van der Waals surface area contributed by atoms with E-state index in [0.29, 0.717) is 12.0 Å². The average Bonchev–Trinajstić information content (AvgIpc) is 2.31. The highest BCUT2D eigenvalue weighted by atomic mass is 19.2. The van der Waals surface area contributed by atoms with E-state index in [4.69, 9.17) is 0 Å². The van der Waals surface area contributed by atoms with Crippen molar-refractivity contribution in [3.8, 4) is 0 Å². The lowest BCUT2D eigenvalue weighted by Crippen LogP contribution is -2.40. The zero-order valence-electron chi connectivity index (χ0n) is 12.0. The second-order valence-electron chi connectivity index (χ2n) is 6.14. The lowest BCUT2D eigenvalue weighted by Gasteiger charge is -2.25. The van der Waals surface area contributed by atoms with Gasteiger partial charge < -0.3 is 10.4 Å². The topological polar surface area (TPSA) is 49.3 Å². The van der Waals surface area contributed by atoms with Crippen molar-refractivity contribution >= 4 is 5.91 Å². The Morgan fingerprint density at radius 1 is 1.30 bits per heavy atom. The van der Waals surface area contributed by atoms with Gasteiger partial charge in [-0.1, -0.05) is 26.8 Å².